The van der Waals surface area contributed by atoms with E-state index in [-0.39, 0.29) is 11.9 Å². The average molecular weight is 237 g/mol. The van der Waals surface area contributed by atoms with Gasteiger partial charge in [0.25, 0.3) is 0 Å². The van der Waals surface area contributed by atoms with Gasteiger partial charge in [0.1, 0.15) is 0 Å². The summed E-state index contributed by atoms with van der Waals surface area (Å²) in [6.07, 6.45) is 2.98. The molecule has 0 aromatic heterocycles. The monoisotopic (exact) mass is 237 g/mol. The molecule has 1 aromatic carbocycles. The van der Waals surface area contributed by atoms with Crippen molar-refractivity contribution in [3.63, 3.8) is 0 Å². The summed E-state index contributed by atoms with van der Waals surface area (Å²) >= 11 is 1.54. The Morgan fingerprint density at radius 1 is 1.38 bits per heavy atom. The first-order chi connectivity index (χ1) is 7.67. The van der Waals surface area contributed by atoms with E-state index in [1.54, 1.807) is 11.8 Å². The van der Waals surface area contributed by atoms with Crippen LogP contribution < -0.4 is 5.32 Å². The molecule has 1 rings (SSSR count). The van der Waals surface area contributed by atoms with Crippen LogP contribution in [0, 0.1) is 0 Å². The van der Waals surface area contributed by atoms with Crippen molar-refractivity contribution in [2.45, 2.75) is 26.3 Å². The van der Waals surface area contributed by atoms with Crippen LogP contribution in [0.3, 0.4) is 0 Å². The lowest BCUT2D eigenvalue weighted by molar-refractivity contribution is -0.119. The number of hydrogen-bond acceptors (Lipinski definition) is 2. The third-order valence-electron chi connectivity index (χ3n) is 2.54. The van der Waals surface area contributed by atoms with Crippen molar-refractivity contribution < 1.29 is 4.79 Å². The number of hydrogen-bond donors (Lipinski definition) is 1. The second-order valence-corrected chi connectivity index (χ2v) is 4.68. The molecule has 0 aliphatic heterocycles. The molecule has 0 saturated heterocycles. The van der Waals surface area contributed by atoms with Gasteiger partial charge in [-0.15, -0.1) is 0 Å². The van der Waals surface area contributed by atoms with E-state index in [0.29, 0.717) is 5.75 Å². The first-order valence-electron chi connectivity index (χ1n) is 5.54. The van der Waals surface area contributed by atoms with Crippen LogP contribution in [-0.4, -0.2) is 17.9 Å². The summed E-state index contributed by atoms with van der Waals surface area (Å²) in [6, 6.07) is 8.50. The minimum absolute atomic E-state index is 0.0885. The van der Waals surface area contributed by atoms with E-state index < -0.39 is 0 Å². The van der Waals surface area contributed by atoms with Gasteiger partial charge in [-0.25, -0.2) is 0 Å². The first-order valence-corrected chi connectivity index (χ1v) is 6.94. The molecule has 1 aromatic rings. The number of benzene rings is 1. The van der Waals surface area contributed by atoms with Crippen LogP contribution in [-0.2, 0) is 11.2 Å². The van der Waals surface area contributed by atoms with Crippen molar-refractivity contribution >= 4 is 17.7 Å². The molecular weight excluding hydrogens is 218 g/mol. The van der Waals surface area contributed by atoms with Crippen molar-refractivity contribution in [3.05, 3.63) is 35.4 Å². The Kier molecular flexibility index (Phi) is 5.39. The fourth-order valence-electron chi connectivity index (χ4n) is 1.54. The number of nitrogens with one attached hydrogen (secondary N) is 1. The highest BCUT2D eigenvalue weighted by atomic mass is 32.2. The zero-order valence-electron chi connectivity index (χ0n) is 10.1. The number of thioether (sulfide) groups is 1. The maximum atomic E-state index is 11.4. The molecule has 1 N–H and O–H groups in total. The zero-order valence-corrected chi connectivity index (χ0v) is 10.9. The quantitative estimate of drug-likeness (QED) is 0.853. The van der Waals surface area contributed by atoms with Gasteiger partial charge in [-0.3, -0.25) is 4.79 Å². The van der Waals surface area contributed by atoms with Crippen LogP contribution in [0.25, 0.3) is 0 Å². The highest BCUT2D eigenvalue weighted by Gasteiger charge is 2.08. The Labute approximate surface area is 102 Å². The molecule has 2 nitrogen and oxygen atoms in total. The van der Waals surface area contributed by atoms with Crippen molar-refractivity contribution in [2.75, 3.05) is 12.0 Å². The molecule has 0 heterocycles. The predicted molar refractivity (Wildman–Crippen MR) is 70.8 cm³/mol. The van der Waals surface area contributed by atoms with Crippen LogP contribution in [0.5, 0.6) is 0 Å². The highest BCUT2D eigenvalue weighted by Crippen LogP contribution is 2.13. The van der Waals surface area contributed by atoms with Crippen LogP contribution >= 0.6 is 11.8 Å². The van der Waals surface area contributed by atoms with E-state index in [9.17, 15) is 4.79 Å². The van der Waals surface area contributed by atoms with Gasteiger partial charge in [0.2, 0.25) is 5.91 Å². The highest BCUT2D eigenvalue weighted by molar-refractivity contribution is 7.99. The molecule has 88 valence electrons. The zero-order chi connectivity index (χ0) is 12.0. The second kappa shape index (κ2) is 6.59. The second-order valence-electron chi connectivity index (χ2n) is 3.82. The van der Waals surface area contributed by atoms with Gasteiger partial charge >= 0.3 is 0 Å². The van der Waals surface area contributed by atoms with E-state index >= 15 is 0 Å². The molecule has 0 aliphatic carbocycles. The molecule has 0 aliphatic rings. The normalized spacial score (nSPS) is 12.2. The van der Waals surface area contributed by atoms with Gasteiger partial charge in [0, 0.05) is 0 Å². The standard InChI is InChI=1S/C13H19NOS/c1-4-11-5-7-12(8-6-11)10(2)14-13(15)9-16-3/h5-8,10H,4,9H2,1-3H3,(H,14,15). The molecular formula is C13H19NOS. The Morgan fingerprint density at radius 2 is 2.00 bits per heavy atom. The van der Waals surface area contributed by atoms with Crippen molar-refractivity contribution in [1.29, 1.82) is 0 Å². The number of carbonyl (C=O) groups is 1. The Bertz CT molecular complexity index is 334. The van der Waals surface area contributed by atoms with Crippen molar-refractivity contribution in [3.8, 4) is 0 Å². The summed E-state index contributed by atoms with van der Waals surface area (Å²) in [6.45, 7) is 4.15. The molecule has 1 atom stereocenters. The molecule has 0 fully saturated rings. The van der Waals surface area contributed by atoms with E-state index in [1.807, 2.05) is 13.2 Å². The number of carbonyl (C=O) groups excluding carboxylic acids is 1. The van der Waals surface area contributed by atoms with Gasteiger partial charge < -0.3 is 5.32 Å². The summed E-state index contributed by atoms with van der Waals surface area (Å²) in [7, 11) is 0. The summed E-state index contributed by atoms with van der Waals surface area (Å²) in [4.78, 5) is 11.4. The van der Waals surface area contributed by atoms with Crippen LogP contribution in [0.2, 0.25) is 0 Å². The first kappa shape index (κ1) is 13.1. The molecule has 3 heteroatoms. The van der Waals surface area contributed by atoms with Gasteiger partial charge in [0.15, 0.2) is 0 Å². The van der Waals surface area contributed by atoms with Gasteiger partial charge in [-0.2, -0.15) is 11.8 Å². The summed E-state index contributed by atoms with van der Waals surface area (Å²) in [5.41, 5.74) is 2.48. The average Bonchev–Trinajstić information content (AvgIpc) is 2.29. The minimum atomic E-state index is 0.0885. The number of rotatable bonds is 5. The molecule has 0 bridgehead atoms. The van der Waals surface area contributed by atoms with Crippen molar-refractivity contribution in [1.82, 2.24) is 5.32 Å². The maximum absolute atomic E-state index is 11.4. The molecule has 16 heavy (non-hydrogen) atoms. The largest absolute Gasteiger partial charge is 0.349 e. The van der Waals surface area contributed by atoms with Crippen molar-refractivity contribution in [2.24, 2.45) is 0 Å². The molecule has 0 radical (unpaired) electrons. The Hall–Kier alpha value is -0.960. The maximum Gasteiger partial charge on any atom is 0.230 e. The number of aryl methyl sites for hydroxylation is 1. The number of amides is 1. The summed E-state index contributed by atoms with van der Waals surface area (Å²) in [5, 5.41) is 2.97. The Balaban J connectivity index is 2.58. The molecule has 1 unspecified atom stereocenters. The van der Waals surface area contributed by atoms with Gasteiger partial charge in [0.05, 0.1) is 11.8 Å². The van der Waals surface area contributed by atoms with Gasteiger partial charge in [-0.1, -0.05) is 31.2 Å². The predicted octanol–water partition coefficient (Wildman–Crippen LogP) is 2.79. The van der Waals surface area contributed by atoms with Crippen LogP contribution in [0.1, 0.15) is 31.0 Å². The lowest BCUT2D eigenvalue weighted by Crippen LogP contribution is -2.28. The van der Waals surface area contributed by atoms with E-state index in [0.717, 1.165) is 12.0 Å². The summed E-state index contributed by atoms with van der Waals surface area (Å²) in [5.74, 6) is 0.622. The van der Waals surface area contributed by atoms with Crippen LogP contribution in [0.15, 0.2) is 24.3 Å². The topological polar surface area (TPSA) is 29.1 Å². The smallest absolute Gasteiger partial charge is 0.230 e. The lowest BCUT2D eigenvalue weighted by Gasteiger charge is -2.14. The van der Waals surface area contributed by atoms with Gasteiger partial charge in [-0.05, 0) is 30.7 Å². The van der Waals surface area contributed by atoms with Crippen LogP contribution in [0.4, 0.5) is 0 Å². The van der Waals surface area contributed by atoms with E-state index in [2.05, 4.69) is 36.5 Å². The third kappa shape index (κ3) is 3.89. The fourth-order valence-corrected chi connectivity index (χ4v) is 1.89. The lowest BCUT2D eigenvalue weighted by atomic mass is 10.1. The van der Waals surface area contributed by atoms with E-state index in [1.165, 1.54) is 5.56 Å². The minimum Gasteiger partial charge on any atom is -0.349 e. The molecule has 0 spiro atoms. The van der Waals surface area contributed by atoms with E-state index in [4.69, 9.17) is 0 Å². The SMILES string of the molecule is CCc1ccc(C(C)NC(=O)CSC)cc1. The molecule has 0 saturated carbocycles. The summed E-state index contributed by atoms with van der Waals surface area (Å²) < 4.78 is 0. The molecule has 1 amide bonds. The fraction of sp³-hybridized carbons (Fsp3) is 0.462. The Morgan fingerprint density at radius 3 is 2.50 bits per heavy atom. The third-order valence-corrected chi connectivity index (χ3v) is 3.09.